The molecule has 1 N–H and O–H groups in total. The molecule has 9 heteroatoms. The van der Waals surface area contributed by atoms with Gasteiger partial charge in [-0.1, -0.05) is 11.2 Å². The van der Waals surface area contributed by atoms with Crippen molar-refractivity contribution in [1.29, 1.82) is 0 Å². The molecule has 0 atom stereocenters. The molecule has 30 heavy (non-hydrogen) atoms. The first-order valence-corrected chi connectivity index (χ1v) is 11.1. The molecule has 0 saturated heterocycles. The lowest BCUT2D eigenvalue weighted by molar-refractivity contribution is -0.116. The zero-order chi connectivity index (χ0) is 20.9. The van der Waals surface area contributed by atoms with E-state index in [1.807, 2.05) is 48.7 Å². The van der Waals surface area contributed by atoms with E-state index in [9.17, 15) is 4.79 Å². The van der Waals surface area contributed by atoms with Crippen LogP contribution in [0, 0.1) is 6.92 Å². The second kappa shape index (κ2) is 9.19. The van der Waals surface area contributed by atoms with Crippen LogP contribution in [0.25, 0.3) is 22.0 Å². The summed E-state index contributed by atoms with van der Waals surface area (Å²) in [5.41, 5.74) is 1.85. The summed E-state index contributed by atoms with van der Waals surface area (Å²) in [4.78, 5) is 23.3. The summed E-state index contributed by atoms with van der Waals surface area (Å²) in [6, 6.07) is 11.6. The van der Waals surface area contributed by atoms with Gasteiger partial charge >= 0.3 is 0 Å². The highest BCUT2D eigenvalue weighted by Crippen LogP contribution is 2.31. The lowest BCUT2D eigenvalue weighted by Gasteiger charge is -2.02. The third kappa shape index (κ3) is 4.74. The third-order valence-electron chi connectivity index (χ3n) is 4.41. The van der Waals surface area contributed by atoms with E-state index in [0.29, 0.717) is 36.1 Å². The monoisotopic (exact) mass is 440 g/mol. The maximum Gasteiger partial charge on any atom is 0.226 e. The Morgan fingerprint density at radius 2 is 2.03 bits per heavy atom. The van der Waals surface area contributed by atoms with Crippen molar-refractivity contribution in [3.05, 3.63) is 52.5 Å². The number of aryl methyl sites for hydroxylation is 2. The summed E-state index contributed by atoms with van der Waals surface area (Å²) >= 11 is 3.03. The van der Waals surface area contributed by atoms with Crippen LogP contribution in [0.1, 0.15) is 23.6 Å². The number of ether oxygens (including phenoxy) is 1. The molecule has 3 heterocycles. The van der Waals surface area contributed by atoms with Crippen molar-refractivity contribution in [1.82, 2.24) is 15.1 Å². The Morgan fingerprint density at radius 3 is 2.77 bits per heavy atom. The van der Waals surface area contributed by atoms with Gasteiger partial charge in [0.2, 0.25) is 17.6 Å². The number of methoxy groups -OCH3 is 1. The van der Waals surface area contributed by atoms with Gasteiger partial charge in [-0.25, -0.2) is 4.98 Å². The van der Waals surface area contributed by atoms with Crippen molar-refractivity contribution in [2.45, 2.75) is 26.2 Å². The number of aromatic nitrogens is 3. The molecule has 0 radical (unpaired) electrons. The number of amides is 1. The number of nitrogens with zero attached hydrogens (tertiary/aromatic N) is 3. The van der Waals surface area contributed by atoms with Gasteiger partial charge in [-0.15, -0.1) is 22.7 Å². The van der Waals surface area contributed by atoms with Gasteiger partial charge in [0.25, 0.3) is 0 Å². The molecule has 0 aliphatic heterocycles. The fraction of sp³-hybridized carbons (Fsp3) is 0.238. The van der Waals surface area contributed by atoms with E-state index in [4.69, 9.17) is 9.26 Å². The first-order valence-electron chi connectivity index (χ1n) is 9.40. The molecule has 1 amide bonds. The number of carbonyl (C=O) groups excluding carboxylic acids is 1. The molecule has 3 aromatic heterocycles. The molecule has 0 saturated carbocycles. The molecule has 0 spiro atoms. The fourth-order valence-electron chi connectivity index (χ4n) is 2.91. The van der Waals surface area contributed by atoms with Gasteiger partial charge < -0.3 is 14.6 Å². The van der Waals surface area contributed by atoms with Gasteiger partial charge in [0, 0.05) is 23.3 Å². The number of anilines is 1. The van der Waals surface area contributed by atoms with Crippen molar-refractivity contribution < 1.29 is 14.1 Å². The Morgan fingerprint density at radius 1 is 1.20 bits per heavy atom. The summed E-state index contributed by atoms with van der Waals surface area (Å²) in [7, 11) is 1.64. The number of rotatable bonds is 8. The van der Waals surface area contributed by atoms with Crippen LogP contribution in [-0.4, -0.2) is 28.1 Å². The molecule has 4 rings (SSSR count). The molecule has 0 aliphatic rings. The van der Waals surface area contributed by atoms with E-state index in [-0.39, 0.29) is 5.91 Å². The Labute approximate surface area is 181 Å². The fourth-order valence-corrected chi connectivity index (χ4v) is 4.41. The normalized spacial score (nSPS) is 10.9. The highest BCUT2D eigenvalue weighted by atomic mass is 32.1. The van der Waals surface area contributed by atoms with Gasteiger partial charge in [-0.05, 0) is 49.1 Å². The molecular weight excluding hydrogens is 420 g/mol. The number of benzene rings is 1. The molecule has 4 aromatic rings. The number of hydrogen-bond donors (Lipinski definition) is 1. The van der Waals surface area contributed by atoms with Crippen LogP contribution in [0.4, 0.5) is 5.13 Å². The van der Waals surface area contributed by atoms with Gasteiger partial charge in [0.15, 0.2) is 5.13 Å². The highest BCUT2D eigenvalue weighted by molar-refractivity contribution is 7.16. The van der Waals surface area contributed by atoms with Crippen LogP contribution < -0.4 is 10.1 Å². The Hall–Kier alpha value is -3.04. The average Bonchev–Trinajstić information content (AvgIpc) is 3.49. The largest absolute Gasteiger partial charge is 0.497 e. The van der Waals surface area contributed by atoms with Crippen molar-refractivity contribution >= 4 is 33.7 Å². The van der Waals surface area contributed by atoms with E-state index in [2.05, 4.69) is 20.4 Å². The number of thiazole rings is 1. The van der Waals surface area contributed by atoms with E-state index < -0.39 is 0 Å². The zero-order valence-electron chi connectivity index (χ0n) is 16.5. The van der Waals surface area contributed by atoms with Crippen LogP contribution in [0.5, 0.6) is 5.75 Å². The summed E-state index contributed by atoms with van der Waals surface area (Å²) in [6.07, 6.45) is 1.53. The molecule has 0 bridgehead atoms. The summed E-state index contributed by atoms with van der Waals surface area (Å²) in [5.74, 6) is 1.85. The molecule has 7 nitrogen and oxygen atoms in total. The summed E-state index contributed by atoms with van der Waals surface area (Å²) < 4.78 is 10.5. The lowest BCUT2D eigenvalue weighted by atomic mass is 10.1. The molecular formula is C21H20N4O3S2. The predicted octanol–water partition coefficient (Wildman–Crippen LogP) is 5.20. The standard InChI is InChI=1S/C21H20N4O3S2/c1-13-19(14-8-10-15(27-2)11-9-14)24-21(30-13)22-17(26)6-3-7-18-23-20(25-28-18)16-5-4-12-29-16/h4-5,8-12H,3,6-7H2,1-2H3,(H,22,24,26). The van der Waals surface area contributed by atoms with Crippen LogP contribution in [0.15, 0.2) is 46.3 Å². The van der Waals surface area contributed by atoms with Gasteiger partial charge in [-0.3, -0.25) is 4.79 Å². The van der Waals surface area contributed by atoms with Crippen molar-refractivity contribution in [3.8, 4) is 27.7 Å². The molecule has 154 valence electrons. The predicted molar refractivity (Wildman–Crippen MR) is 118 cm³/mol. The van der Waals surface area contributed by atoms with Crippen LogP contribution in [0.2, 0.25) is 0 Å². The zero-order valence-corrected chi connectivity index (χ0v) is 18.2. The van der Waals surface area contributed by atoms with Crippen molar-refractivity contribution in [2.24, 2.45) is 0 Å². The van der Waals surface area contributed by atoms with Gasteiger partial charge in [0.05, 0.1) is 17.7 Å². The highest BCUT2D eigenvalue weighted by Gasteiger charge is 2.13. The summed E-state index contributed by atoms with van der Waals surface area (Å²) in [5, 5.41) is 9.44. The maximum absolute atomic E-state index is 12.3. The lowest BCUT2D eigenvalue weighted by Crippen LogP contribution is -2.11. The topological polar surface area (TPSA) is 90.1 Å². The minimum atomic E-state index is -0.0805. The minimum Gasteiger partial charge on any atom is -0.497 e. The molecule has 1 aromatic carbocycles. The minimum absolute atomic E-state index is 0.0805. The number of nitrogens with one attached hydrogen (secondary N) is 1. The quantitative estimate of drug-likeness (QED) is 0.405. The van der Waals surface area contributed by atoms with E-state index in [1.54, 1.807) is 18.4 Å². The van der Waals surface area contributed by atoms with Crippen LogP contribution in [-0.2, 0) is 11.2 Å². The van der Waals surface area contributed by atoms with Gasteiger partial charge in [0.1, 0.15) is 5.75 Å². The smallest absolute Gasteiger partial charge is 0.226 e. The second-order valence-electron chi connectivity index (χ2n) is 6.54. The Kier molecular flexibility index (Phi) is 6.20. The SMILES string of the molecule is COc1ccc(-c2nc(NC(=O)CCCc3nc(-c4cccs4)no3)sc2C)cc1. The number of thiophene rings is 1. The van der Waals surface area contributed by atoms with Gasteiger partial charge in [-0.2, -0.15) is 4.98 Å². The molecule has 0 unspecified atom stereocenters. The third-order valence-corrected chi connectivity index (χ3v) is 6.16. The molecule has 0 fully saturated rings. The number of carbonyl (C=O) groups is 1. The number of hydrogen-bond acceptors (Lipinski definition) is 8. The van der Waals surface area contributed by atoms with Crippen molar-refractivity contribution in [3.63, 3.8) is 0 Å². The van der Waals surface area contributed by atoms with Crippen molar-refractivity contribution in [2.75, 3.05) is 12.4 Å². The van der Waals surface area contributed by atoms with Crippen LogP contribution >= 0.6 is 22.7 Å². The molecule has 0 aliphatic carbocycles. The second-order valence-corrected chi connectivity index (χ2v) is 8.69. The van der Waals surface area contributed by atoms with E-state index in [1.165, 1.54) is 11.3 Å². The maximum atomic E-state index is 12.3. The van der Waals surface area contributed by atoms with E-state index >= 15 is 0 Å². The van der Waals surface area contributed by atoms with E-state index in [0.717, 1.165) is 26.8 Å². The summed E-state index contributed by atoms with van der Waals surface area (Å²) in [6.45, 7) is 1.99. The Bertz CT molecular complexity index is 1120. The van der Waals surface area contributed by atoms with Crippen LogP contribution in [0.3, 0.4) is 0 Å². The Balaban J connectivity index is 1.30. The first-order chi connectivity index (χ1) is 14.6. The average molecular weight is 441 g/mol. The first kappa shape index (κ1) is 20.2.